The van der Waals surface area contributed by atoms with Gasteiger partial charge in [0.15, 0.2) is 0 Å². The summed E-state index contributed by atoms with van der Waals surface area (Å²) in [6.45, 7) is 5.68. The lowest BCUT2D eigenvalue weighted by atomic mass is 10.1. The number of Topliss-reactive ketones (excluding diaryl/α,β-unsaturated/α-hetero) is 1. The Morgan fingerprint density at radius 3 is 2.43 bits per heavy atom. The van der Waals surface area contributed by atoms with Crippen molar-refractivity contribution in [3.8, 4) is 0 Å². The fourth-order valence-electron chi connectivity index (χ4n) is 1.80. The van der Waals surface area contributed by atoms with Crippen molar-refractivity contribution >= 4 is 17.8 Å². The lowest BCUT2D eigenvalue weighted by molar-refractivity contribution is -0.138. The third-order valence-electron chi connectivity index (χ3n) is 2.97. The minimum Gasteiger partial charge on any atom is -0.462 e. The summed E-state index contributed by atoms with van der Waals surface area (Å²) >= 11 is 0. The summed E-state index contributed by atoms with van der Waals surface area (Å²) in [6, 6.07) is 7.96. The second kappa shape index (κ2) is 8.93. The standard InChI is InChI=1S/C18H22O3/c1-4-21-18(20)17(7-5-6-15(3)19)13-12-16-10-8-14(2)9-11-16/h8-12H,4-7H2,1-3H3. The van der Waals surface area contributed by atoms with Crippen molar-refractivity contribution in [1.82, 2.24) is 0 Å². The highest BCUT2D eigenvalue weighted by atomic mass is 16.5. The molecule has 0 bridgehead atoms. The van der Waals surface area contributed by atoms with Crippen LogP contribution in [0.2, 0.25) is 0 Å². The van der Waals surface area contributed by atoms with Crippen LogP contribution in [0.15, 0.2) is 35.6 Å². The van der Waals surface area contributed by atoms with Crippen LogP contribution in [-0.4, -0.2) is 18.4 Å². The highest BCUT2D eigenvalue weighted by Crippen LogP contribution is 2.11. The smallest absolute Gasteiger partial charge is 0.341 e. The number of ether oxygens (including phenoxy) is 1. The van der Waals surface area contributed by atoms with Gasteiger partial charge in [0.25, 0.3) is 0 Å². The number of esters is 1. The summed E-state index contributed by atoms with van der Waals surface area (Å²) in [5.41, 5.74) is 5.67. The van der Waals surface area contributed by atoms with Gasteiger partial charge in [0.1, 0.15) is 5.78 Å². The number of hydrogen-bond acceptors (Lipinski definition) is 3. The quantitative estimate of drug-likeness (QED) is 0.434. The highest BCUT2D eigenvalue weighted by Gasteiger charge is 2.10. The Morgan fingerprint density at radius 1 is 1.19 bits per heavy atom. The first kappa shape index (κ1) is 16.9. The Hall–Kier alpha value is -2.12. The van der Waals surface area contributed by atoms with Crippen molar-refractivity contribution in [2.24, 2.45) is 0 Å². The molecule has 3 heteroatoms. The third-order valence-corrected chi connectivity index (χ3v) is 2.97. The molecule has 1 rings (SSSR count). The molecule has 0 fully saturated rings. The van der Waals surface area contributed by atoms with Crippen LogP contribution in [0.4, 0.5) is 0 Å². The predicted octanol–water partition coefficient (Wildman–Crippen LogP) is 3.86. The first-order chi connectivity index (χ1) is 10.0. The van der Waals surface area contributed by atoms with E-state index >= 15 is 0 Å². The third kappa shape index (κ3) is 6.73. The zero-order valence-corrected chi connectivity index (χ0v) is 12.9. The van der Waals surface area contributed by atoms with Crippen molar-refractivity contribution in [2.75, 3.05) is 6.61 Å². The van der Waals surface area contributed by atoms with Gasteiger partial charge in [-0.05, 0) is 45.3 Å². The van der Waals surface area contributed by atoms with Crippen LogP contribution in [0.5, 0.6) is 0 Å². The summed E-state index contributed by atoms with van der Waals surface area (Å²) in [5, 5.41) is 0. The van der Waals surface area contributed by atoms with Gasteiger partial charge in [0, 0.05) is 6.42 Å². The van der Waals surface area contributed by atoms with E-state index in [0.717, 1.165) is 5.56 Å². The van der Waals surface area contributed by atoms with Crippen LogP contribution in [-0.2, 0) is 14.3 Å². The van der Waals surface area contributed by atoms with Gasteiger partial charge in [-0.2, -0.15) is 0 Å². The Bertz CT molecular complexity index is 546. The van der Waals surface area contributed by atoms with Crippen LogP contribution >= 0.6 is 0 Å². The van der Waals surface area contributed by atoms with Crippen molar-refractivity contribution < 1.29 is 14.3 Å². The molecule has 1 aromatic carbocycles. The number of aryl methyl sites for hydroxylation is 1. The number of benzene rings is 1. The van der Waals surface area contributed by atoms with Gasteiger partial charge in [0.2, 0.25) is 0 Å². The largest absolute Gasteiger partial charge is 0.462 e. The summed E-state index contributed by atoms with van der Waals surface area (Å²) in [7, 11) is 0. The Kier molecular flexibility index (Phi) is 7.20. The summed E-state index contributed by atoms with van der Waals surface area (Å²) in [6.07, 6.45) is 3.38. The van der Waals surface area contributed by atoms with E-state index < -0.39 is 0 Å². The second-order valence-electron chi connectivity index (χ2n) is 4.95. The number of ketones is 1. The second-order valence-corrected chi connectivity index (χ2v) is 4.95. The van der Waals surface area contributed by atoms with E-state index in [-0.39, 0.29) is 11.8 Å². The van der Waals surface area contributed by atoms with Gasteiger partial charge in [-0.1, -0.05) is 29.8 Å². The molecule has 0 unspecified atom stereocenters. The fraction of sp³-hybridized carbons (Fsp3) is 0.389. The van der Waals surface area contributed by atoms with Gasteiger partial charge >= 0.3 is 5.97 Å². The molecule has 1 aromatic rings. The Balaban J connectivity index is 2.87. The summed E-state index contributed by atoms with van der Waals surface area (Å²) < 4.78 is 5.03. The van der Waals surface area contributed by atoms with Crippen LogP contribution in [0.3, 0.4) is 0 Å². The average Bonchev–Trinajstić information content (AvgIpc) is 2.44. The fourth-order valence-corrected chi connectivity index (χ4v) is 1.80. The van der Waals surface area contributed by atoms with Gasteiger partial charge in [-0.25, -0.2) is 4.79 Å². The molecule has 3 nitrogen and oxygen atoms in total. The number of carbonyl (C=O) groups is 2. The monoisotopic (exact) mass is 286 g/mol. The molecule has 0 aliphatic rings. The molecule has 0 saturated heterocycles. The molecule has 0 aromatic heterocycles. The first-order valence-corrected chi connectivity index (χ1v) is 7.21. The Morgan fingerprint density at radius 2 is 1.86 bits per heavy atom. The van der Waals surface area contributed by atoms with E-state index in [9.17, 15) is 9.59 Å². The van der Waals surface area contributed by atoms with E-state index in [2.05, 4.69) is 5.73 Å². The van der Waals surface area contributed by atoms with Gasteiger partial charge < -0.3 is 9.53 Å². The molecule has 0 heterocycles. The molecule has 0 radical (unpaired) electrons. The average molecular weight is 286 g/mol. The van der Waals surface area contributed by atoms with Gasteiger partial charge in [-0.15, -0.1) is 5.73 Å². The normalized spacial score (nSPS) is 9.67. The lowest BCUT2D eigenvalue weighted by Gasteiger charge is -2.03. The SMILES string of the molecule is CCOC(=O)C(=C=Cc1ccc(C)cc1)CCCC(C)=O. The van der Waals surface area contributed by atoms with Crippen LogP contribution in [0, 0.1) is 6.92 Å². The molecule has 0 saturated carbocycles. The molecule has 0 atom stereocenters. The molecular weight excluding hydrogens is 264 g/mol. The molecular formula is C18H22O3. The Labute approximate surface area is 126 Å². The van der Waals surface area contributed by atoms with E-state index in [0.29, 0.717) is 31.4 Å². The lowest BCUT2D eigenvalue weighted by Crippen LogP contribution is -2.07. The number of carbonyl (C=O) groups excluding carboxylic acids is 2. The summed E-state index contributed by atoms with van der Waals surface area (Å²) in [4.78, 5) is 22.8. The first-order valence-electron chi connectivity index (χ1n) is 7.21. The predicted molar refractivity (Wildman–Crippen MR) is 83.8 cm³/mol. The van der Waals surface area contributed by atoms with Crippen molar-refractivity contribution in [2.45, 2.75) is 40.0 Å². The van der Waals surface area contributed by atoms with Gasteiger partial charge in [0.05, 0.1) is 12.2 Å². The maximum atomic E-state index is 11.9. The van der Waals surface area contributed by atoms with Crippen molar-refractivity contribution in [3.63, 3.8) is 0 Å². The molecule has 0 N–H and O–H groups in total. The van der Waals surface area contributed by atoms with E-state index in [4.69, 9.17) is 4.74 Å². The molecule has 0 spiro atoms. The topological polar surface area (TPSA) is 43.4 Å². The molecule has 0 amide bonds. The van der Waals surface area contributed by atoms with E-state index in [1.807, 2.05) is 31.2 Å². The molecule has 112 valence electrons. The molecule has 21 heavy (non-hydrogen) atoms. The minimum atomic E-state index is -0.357. The van der Waals surface area contributed by atoms with Crippen LogP contribution in [0.1, 0.15) is 44.2 Å². The van der Waals surface area contributed by atoms with Crippen molar-refractivity contribution in [1.29, 1.82) is 0 Å². The maximum absolute atomic E-state index is 11.9. The zero-order valence-electron chi connectivity index (χ0n) is 12.9. The molecule has 0 aliphatic heterocycles. The molecule has 0 aliphatic carbocycles. The maximum Gasteiger partial charge on any atom is 0.341 e. The van der Waals surface area contributed by atoms with E-state index in [1.165, 1.54) is 5.56 Å². The van der Waals surface area contributed by atoms with Crippen molar-refractivity contribution in [3.05, 3.63) is 46.7 Å². The van der Waals surface area contributed by atoms with Crippen LogP contribution in [0.25, 0.3) is 6.08 Å². The highest BCUT2D eigenvalue weighted by molar-refractivity contribution is 5.89. The number of hydrogen-bond donors (Lipinski definition) is 0. The summed E-state index contributed by atoms with van der Waals surface area (Å²) in [5.74, 6) is -0.231. The minimum absolute atomic E-state index is 0.126. The van der Waals surface area contributed by atoms with Crippen LogP contribution < -0.4 is 0 Å². The van der Waals surface area contributed by atoms with E-state index in [1.54, 1.807) is 19.9 Å². The van der Waals surface area contributed by atoms with Gasteiger partial charge in [-0.3, -0.25) is 0 Å². The number of rotatable bonds is 7. The zero-order chi connectivity index (χ0) is 15.7.